The highest BCUT2D eigenvalue weighted by Gasteiger charge is 2.21. The summed E-state index contributed by atoms with van der Waals surface area (Å²) in [5.74, 6) is -0.375. The van der Waals surface area contributed by atoms with Gasteiger partial charge in [-0.1, -0.05) is 0 Å². The van der Waals surface area contributed by atoms with Crippen molar-refractivity contribution in [2.75, 3.05) is 13.1 Å². The van der Waals surface area contributed by atoms with Crippen LogP contribution < -0.4 is 5.32 Å². The summed E-state index contributed by atoms with van der Waals surface area (Å²) in [6.45, 7) is 1.84. The van der Waals surface area contributed by atoms with Crippen LogP contribution in [0.3, 0.4) is 0 Å². The summed E-state index contributed by atoms with van der Waals surface area (Å²) in [6, 6.07) is 3.45. The van der Waals surface area contributed by atoms with Gasteiger partial charge >= 0.3 is 0 Å². The lowest BCUT2D eigenvalue weighted by atomic mass is 10.00. The van der Waals surface area contributed by atoms with Crippen LogP contribution in [-0.2, 0) is 0 Å². The second kappa shape index (κ2) is 5.09. The molecule has 0 amide bonds. The summed E-state index contributed by atoms with van der Waals surface area (Å²) in [5, 5.41) is 3.28. The molecular weight excluding hydrogens is 250 g/mol. The van der Waals surface area contributed by atoms with Crippen LogP contribution >= 0.6 is 0 Å². The molecule has 1 fully saturated rings. The molecule has 1 aliphatic rings. The summed E-state index contributed by atoms with van der Waals surface area (Å²) in [7, 11) is 0. The van der Waals surface area contributed by atoms with Crippen LogP contribution in [-0.4, -0.2) is 18.1 Å². The van der Waals surface area contributed by atoms with Crippen LogP contribution in [0.15, 0.2) is 28.9 Å². The molecule has 2 heterocycles. The van der Waals surface area contributed by atoms with Crippen LogP contribution in [0.4, 0.5) is 8.78 Å². The molecule has 0 spiro atoms. The number of hydrogen-bond acceptors (Lipinski definition) is 3. The standard InChI is InChI=1S/C14H14F2N2O/c15-10-3-4-11(12(16)6-10)13-8-19-14(18-13)9-2-1-5-17-7-9/h3-4,6,8-9,17H,1-2,5,7H2. The molecule has 1 aromatic carbocycles. The van der Waals surface area contributed by atoms with Crippen molar-refractivity contribution in [3.8, 4) is 11.3 Å². The average Bonchev–Trinajstić information content (AvgIpc) is 2.89. The number of benzene rings is 1. The molecule has 0 saturated carbocycles. The quantitative estimate of drug-likeness (QED) is 0.905. The highest BCUT2D eigenvalue weighted by Crippen LogP contribution is 2.27. The Morgan fingerprint density at radius 2 is 2.21 bits per heavy atom. The van der Waals surface area contributed by atoms with Crippen molar-refractivity contribution in [3.63, 3.8) is 0 Å². The van der Waals surface area contributed by atoms with Gasteiger partial charge in [0.25, 0.3) is 0 Å². The molecule has 3 nitrogen and oxygen atoms in total. The zero-order valence-corrected chi connectivity index (χ0v) is 10.3. The Balaban J connectivity index is 1.87. The predicted octanol–water partition coefficient (Wildman–Crippen LogP) is 3.09. The number of nitrogens with one attached hydrogen (secondary N) is 1. The number of halogens is 2. The smallest absolute Gasteiger partial charge is 0.198 e. The highest BCUT2D eigenvalue weighted by atomic mass is 19.1. The first-order chi connectivity index (χ1) is 9.24. The molecule has 1 atom stereocenters. The SMILES string of the molecule is Fc1ccc(-c2coc(C3CCCNC3)n2)c(F)c1. The second-order valence-electron chi connectivity index (χ2n) is 4.74. The van der Waals surface area contributed by atoms with E-state index in [1.54, 1.807) is 0 Å². The van der Waals surface area contributed by atoms with Crippen LogP contribution in [0.1, 0.15) is 24.7 Å². The number of nitrogens with zero attached hydrogens (tertiary/aromatic N) is 1. The number of oxazole rings is 1. The van der Waals surface area contributed by atoms with Gasteiger partial charge in [0.05, 0.1) is 0 Å². The Morgan fingerprint density at radius 1 is 1.32 bits per heavy atom. The molecule has 1 unspecified atom stereocenters. The Bertz CT molecular complexity index is 577. The van der Waals surface area contributed by atoms with Crippen LogP contribution in [0.5, 0.6) is 0 Å². The van der Waals surface area contributed by atoms with E-state index in [2.05, 4.69) is 10.3 Å². The van der Waals surface area contributed by atoms with Gasteiger partial charge in [0.1, 0.15) is 23.6 Å². The molecule has 19 heavy (non-hydrogen) atoms. The fraction of sp³-hybridized carbons (Fsp3) is 0.357. The minimum absolute atomic E-state index is 0.228. The predicted molar refractivity (Wildman–Crippen MR) is 66.7 cm³/mol. The third-order valence-corrected chi connectivity index (χ3v) is 3.38. The number of aromatic nitrogens is 1. The van der Waals surface area contributed by atoms with Gasteiger partial charge in [-0.05, 0) is 31.5 Å². The highest BCUT2D eigenvalue weighted by molar-refractivity contribution is 5.58. The lowest BCUT2D eigenvalue weighted by Gasteiger charge is -2.19. The third-order valence-electron chi connectivity index (χ3n) is 3.38. The van der Waals surface area contributed by atoms with E-state index in [0.717, 1.165) is 32.0 Å². The van der Waals surface area contributed by atoms with E-state index >= 15 is 0 Å². The molecule has 5 heteroatoms. The minimum atomic E-state index is -0.624. The third kappa shape index (κ3) is 2.51. The van der Waals surface area contributed by atoms with Crippen molar-refractivity contribution < 1.29 is 13.2 Å². The molecule has 100 valence electrons. The molecule has 1 N–H and O–H groups in total. The molecule has 0 aliphatic carbocycles. The van der Waals surface area contributed by atoms with E-state index in [1.165, 1.54) is 18.4 Å². The molecular formula is C14H14F2N2O. The lowest BCUT2D eigenvalue weighted by molar-refractivity contribution is 0.376. The topological polar surface area (TPSA) is 38.1 Å². The molecule has 3 rings (SSSR count). The van der Waals surface area contributed by atoms with E-state index in [-0.39, 0.29) is 11.5 Å². The summed E-state index contributed by atoms with van der Waals surface area (Å²) < 4.78 is 32.0. The van der Waals surface area contributed by atoms with Crippen molar-refractivity contribution in [2.45, 2.75) is 18.8 Å². The Kier molecular flexibility index (Phi) is 3.29. The molecule has 1 saturated heterocycles. The van der Waals surface area contributed by atoms with E-state index < -0.39 is 11.6 Å². The number of piperidine rings is 1. The Hall–Kier alpha value is -1.75. The van der Waals surface area contributed by atoms with E-state index in [0.29, 0.717) is 11.6 Å². The zero-order chi connectivity index (χ0) is 13.2. The molecule has 0 radical (unpaired) electrons. The van der Waals surface area contributed by atoms with Crippen molar-refractivity contribution in [1.29, 1.82) is 0 Å². The summed E-state index contributed by atoms with van der Waals surface area (Å²) >= 11 is 0. The van der Waals surface area contributed by atoms with E-state index in [4.69, 9.17) is 4.42 Å². The normalized spacial score (nSPS) is 19.6. The first kappa shape index (κ1) is 12.3. The molecule has 2 aromatic rings. The first-order valence-electron chi connectivity index (χ1n) is 6.35. The van der Waals surface area contributed by atoms with Gasteiger partial charge < -0.3 is 9.73 Å². The van der Waals surface area contributed by atoms with Crippen molar-refractivity contribution in [3.05, 3.63) is 42.0 Å². The molecule has 1 aromatic heterocycles. The Morgan fingerprint density at radius 3 is 2.95 bits per heavy atom. The number of hydrogen-bond donors (Lipinski definition) is 1. The molecule has 1 aliphatic heterocycles. The van der Waals surface area contributed by atoms with Crippen molar-refractivity contribution in [2.24, 2.45) is 0 Å². The summed E-state index contributed by atoms with van der Waals surface area (Å²) in [4.78, 5) is 4.33. The average molecular weight is 264 g/mol. The van der Waals surface area contributed by atoms with Gasteiger partial charge in [0, 0.05) is 24.1 Å². The van der Waals surface area contributed by atoms with Crippen LogP contribution in [0.25, 0.3) is 11.3 Å². The van der Waals surface area contributed by atoms with Gasteiger partial charge in [-0.25, -0.2) is 13.8 Å². The van der Waals surface area contributed by atoms with Gasteiger partial charge in [-0.3, -0.25) is 0 Å². The minimum Gasteiger partial charge on any atom is -0.448 e. The fourth-order valence-electron chi connectivity index (χ4n) is 2.36. The van der Waals surface area contributed by atoms with Gasteiger partial charge in [0.2, 0.25) is 0 Å². The van der Waals surface area contributed by atoms with Crippen LogP contribution in [0, 0.1) is 11.6 Å². The maximum Gasteiger partial charge on any atom is 0.198 e. The lowest BCUT2D eigenvalue weighted by Crippen LogP contribution is -2.28. The fourth-order valence-corrected chi connectivity index (χ4v) is 2.36. The summed E-state index contributed by atoms with van der Waals surface area (Å²) in [6.07, 6.45) is 3.52. The number of rotatable bonds is 2. The summed E-state index contributed by atoms with van der Waals surface area (Å²) in [5.41, 5.74) is 0.679. The zero-order valence-electron chi connectivity index (χ0n) is 10.3. The van der Waals surface area contributed by atoms with Crippen molar-refractivity contribution >= 4 is 0 Å². The van der Waals surface area contributed by atoms with E-state index in [9.17, 15) is 8.78 Å². The van der Waals surface area contributed by atoms with Crippen LogP contribution in [0.2, 0.25) is 0 Å². The molecule has 0 bridgehead atoms. The van der Waals surface area contributed by atoms with Gasteiger partial charge in [-0.15, -0.1) is 0 Å². The monoisotopic (exact) mass is 264 g/mol. The van der Waals surface area contributed by atoms with Crippen molar-refractivity contribution in [1.82, 2.24) is 10.3 Å². The maximum atomic E-state index is 13.7. The van der Waals surface area contributed by atoms with E-state index in [1.807, 2.05) is 0 Å². The first-order valence-corrected chi connectivity index (χ1v) is 6.35. The van der Waals surface area contributed by atoms with Gasteiger partial charge in [0.15, 0.2) is 5.89 Å². The second-order valence-corrected chi connectivity index (χ2v) is 4.74. The maximum absolute atomic E-state index is 13.7. The Labute approximate surface area is 109 Å². The van der Waals surface area contributed by atoms with Gasteiger partial charge in [-0.2, -0.15) is 0 Å². The largest absolute Gasteiger partial charge is 0.448 e.